The van der Waals surface area contributed by atoms with Crippen LogP contribution in [0.25, 0.3) is 33.4 Å². The molecule has 0 spiro atoms. The number of phenolic OH excluding ortho intramolecular Hbond substituents is 19. The van der Waals surface area contributed by atoms with E-state index >= 15 is 19.2 Å². The molecule has 0 radical (unpaired) electrons. The first-order valence-electron chi connectivity index (χ1n) is 25.0. The van der Waals surface area contributed by atoms with Gasteiger partial charge >= 0.3 is 29.8 Å². The lowest BCUT2D eigenvalue weighted by Gasteiger charge is -2.43. The highest BCUT2D eigenvalue weighted by molar-refractivity contribution is 6.17. The number of ether oxygens (including phenoxy) is 6. The number of cyclic esters (lactones) is 1. The number of carbonyl (C=O) groups excluding carboxylic acids is 5. The second-order valence-corrected chi connectivity index (χ2v) is 20.2. The molecular weight excluding hydrogens is 1170 g/mol. The van der Waals surface area contributed by atoms with Crippen LogP contribution in [0.4, 0.5) is 0 Å². The summed E-state index contributed by atoms with van der Waals surface area (Å²) in [5.41, 5.74) is -17.4. The Morgan fingerprint density at radius 3 is 1.37 bits per heavy atom. The molecule has 0 saturated heterocycles. The summed E-state index contributed by atoms with van der Waals surface area (Å²) in [5, 5.41) is 228. The van der Waals surface area contributed by atoms with Gasteiger partial charge in [0, 0.05) is 62.6 Å². The molecule has 0 fully saturated rings. The maximum atomic E-state index is 15.8. The molecule has 0 aromatic heterocycles. The Morgan fingerprint density at radius 1 is 0.345 bits per heavy atom. The lowest BCUT2D eigenvalue weighted by molar-refractivity contribution is -0.135. The van der Waals surface area contributed by atoms with E-state index in [1.54, 1.807) is 0 Å². The van der Waals surface area contributed by atoms with Gasteiger partial charge in [-0.25, -0.2) is 24.0 Å². The zero-order valence-corrected chi connectivity index (χ0v) is 42.9. The first-order chi connectivity index (χ1) is 41.0. The fourth-order valence-electron chi connectivity index (χ4n) is 11.6. The summed E-state index contributed by atoms with van der Waals surface area (Å²) < 4.78 is 35.3. The van der Waals surface area contributed by atoms with E-state index in [2.05, 4.69) is 0 Å². The molecule has 20 N–H and O–H groups in total. The van der Waals surface area contributed by atoms with Crippen molar-refractivity contribution in [3.8, 4) is 148 Å². The van der Waals surface area contributed by atoms with Crippen LogP contribution in [0.3, 0.4) is 0 Å². The van der Waals surface area contributed by atoms with Crippen LogP contribution < -0.4 is 4.74 Å². The minimum Gasteiger partial charge on any atom is -0.507 e. The maximum Gasteiger partial charge on any atom is 0.340 e. The van der Waals surface area contributed by atoms with Gasteiger partial charge in [0.25, 0.3) is 0 Å². The van der Waals surface area contributed by atoms with Crippen molar-refractivity contribution in [1.82, 2.24) is 0 Å². The summed E-state index contributed by atoms with van der Waals surface area (Å²) >= 11 is 0. The average molecular weight is 1210 g/mol. The van der Waals surface area contributed by atoms with E-state index < -0.39 is 278 Å². The van der Waals surface area contributed by atoms with Crippen LogP contribution in [-0.4, -0.2) is 169 Å². The summed E-state index contributed by atoms with van der Waals surface area (Å²) in [6.45, 7) is -1.63. The molecule has 13 rings (SSSR count). The molecule has 0 saturated carbocycles. The summed E-state index contributed by atoms with van der Waals surface area (Å²) in [4.78, 5) is 75.8. The van der Waals surface area contributed by atoms with E-state index in [9.17, 15) is 107 Å². The molecule has 0 amide bonds. The molecule has 7 aromatic rings. The van der Waals surface area contributed by atoms with Crippen molar-refractivity contribution in [2.75, 3.05) is 6.61 Å². The van der Waals surface area contributed by atoms with Crippen LogP contribution in [0.15, 0.2) is 42.5 Å². The monoisotopic (exact) mass is 1210 g/mol. The minimum absolute atomic E-state index is 0.0205. The van der Waals surface area contributed by atoms with Crippen LogP contribution in [0.2, 0.25) is 0 Å². The zero-order chi connectivity index (χ0) is 62.7. The number of hydrogen-bond donors (Lipinski definition) is 20. The number of phenols is 19. The zero-order valence-electron chi connectivity index (χ0n) is 42.9. The van der Waals surface area contributed by atoms with E-state index in [1.807, 2.05) is 0 Å². The van der Waals surface area contributed by atoms with Gasteiger partial charge in [-0.05, 0) is 35.9 Å². The first kappa shape index (κ1) is 55.4. The molecular formula is C56H38O31. The van der Waals surface area contributed by atoms with E-state index in [1.165, 1.54) is 6.07 Å². The van der Waals surface area contributed by atoms with Gasteiger partial charge in [-0.15, -0.1) is 0 Å². The fourth-order valence-corrected chi connectivity index (χ4v) is 11.6. The molecule has 0 aliphatic carbocycles. The molecule has 31 heteroatoms. The third-order valence-corrected chi connectivity index (χ3v) is 15.5. The number of benzene rings is 7. The van der Waals surface area contributed by atoms with E-state index in [0.29, 0.717) is 12.1 Å². The number of hydrogen-bond acceptors (Lipinski definition) is 31. The Bertz CT molecular complexity index is 4350. The maximum absolute atomic E-state index is 15.8. The van der Waals surface area contributed by atoms with Gasteiger partial charge < -0.3 is 131 Å². The van der Waals surface area contributed by atoms with Crippen LogP contribution >= 0.6 is 0 Å². The van der Waals surface area contributed by atoms with Crippen LogP contribution in [0, 0.1) is 0 Å². The molecule has 6 aliphatic rings. The number of aromatic hydroxyl groups is 19. The van der Waals surface area contributed by atoms with Gasteiger partial charge in [0.05, 0.1) is 39.8 Å². The topological polar surface area (TPSA) is 545 Å². The lowest BCUT2D eigenvalue weighted by atomic mass is 9.73. The highest BCUT2D eigenvalue weighted by Crippen LogP contribution is 2.64. The normalized spacial score (nSPS) is 20.9. The van der Waals surface area contributed by atoms with Gasteiger partial charge in [-0.2, -0.15) is 0 Å². The Kier molecular flexibility index (Phi) is 12.1. The Balaban J connectivity index is 1.21. The van der Waals surface area contributed by atoms with Crippen molar-refractivity contribution >= 4 is 29.8 Å². The molecule has 31 nitrogen and oxygen atoms in total. The van der Waals surface area contributed by atoms with Gasteiger partial charge in [0.2, 0.25) is 28.7 Å². The molecule has 6 heterocycles. The van der Waals surface area contributed by atoms with Crippen LogP contribution in [0.5, 0.6) is 115 Å². The number of aliphatic hydroxyl groups is 1. The average Bonchev–Trinajstić information content (AvgIpc) is 1.33. The summed E-state index contributed by atoms with van der Waals surface area (Å²) in [5.74, 6) is -40.4. The molecule has 7 atom stereocenters. The first-order valence-corrected chi connectivity index (χ1v) is 25.0. The molecule has 7 aromatic carbocycles. The van der Waals surface area contributed by atoms with Crippen LogP contribution in [0.1, 0.15) is 86.1 Å². The molecule has 448 valence electrons. The molecule has 87 heavy (non-hydrogen) atoms. The van der Waals surface area contributed by atoms with Crippen molar-refractivity contribution in [3.63, 3.8) is 0 Å². The quantitative estimate of drug-likeness (QED) is 0.0671. The largest absolute Gasteiger partial charge is 0.507 e. The molecule has 6 bridgehead atoms. The predicted molar refractivity (Wildman–Crippen MR) is 276 cm³/mol. The van der Waals surface area contributed by atoms with E-state index in [0.717, 1.165) is 18.2 Å². The van der Waals surface area contributed by atoms with Crippen molar-refractivity contribution in [2.45, 2.75) is 49.0 Å². The highest BCUT2D eigenvalue weighted by Gasteiger charge is 2.57. The minimum atomic E-state index is -3.01. The number of aliphatic hydroxyl groups excluding tert-OH is 1. The van der Waals surface area contributed by atoms with Gasteiger partial charge in [-0.3, -0.25) is 0 Å². The Morgan fingerprint density at radius 2 is 0.805 bits per heavy atom. The van der Waals surface area contributed by atoms with Gasteiger partial charge in [0.15, 0.2) is 93.4 Å². The van der Waals surface area contributed by atoms with E-state index in [-0.39, 0.29) is 11.6 Å². The molecule has 6 aliphatic heterocycles. The molecule has 1 unspecified atom stereocenters. The third-order valence-electron chi connectivity index (χ3n) is 15.5. The number of rotatable bonds is 2. The smallest absolute Gasteiger partial charge is 0.340 e. The number of esters is 5. The lowest BCUT2D eigenvalue weighted by Crippen LogP contribution is -2.56. The number of carbonyl (C=O) groups is 5. The summed E-state index contributed by atoms with van der Waals surface area (Å²) in [7, 11) is 0. The number of fused-ring (bicyclic) bond motifs is 8. The summed E-state index contributed by atoms with van der Waals surface area (Å²) in [6, 6.07) is 5.01. The van der Waals surface area contributed by atoms with Gasteiger partial charge in [-0.1, -0.05) is 6.07 Å². The Labute approximate surface area is 479 Å². The van der Waals surface area contributed by atoms with Crippen molar-refractivity contribution in [1.29, 1.82) is 0 Å². The van der Waals surface area contributed by atoms with Crippen molar-refractivity contribution in [2.24, 2.45) is 0 Å². The standard InChI is InChI=1S/C56H38O31/c57-15-2-1-10(3-16(15)58)48-21(63)4-11-22(83-48)8-17(59)27(35(11)64)32-31-34-30(44(73)47(76)45(31)74)29-33-28(42(71)46(75)43(29)72)26-14(7-20(62)38(67)41(26)70)53(78)84-23-9-82-52(77)12-5-18(60)36(65)39(68)24(12)25-13(6-19(61)37(66)40(25)69)54(79)85-49(23)51(87-56(33)81)50(32)86-55(34)80/h1-3,5-8,21,23,32,48-51,57-76H,4,9H2/t21-,23+,32?,48+,49+,50-,51-/m0/s1. The third kappa shape index (κ3) is 7.75. The second-order valence-electron chi connectivity index (χ2n) is 20.2. The predicted octanol–water partition coefficient (Wildman–Crippen LogP) is 3.28. The van der Waals surface area contributed by atoms with Crippen molar-refractivity contribution in [3.05, 3.63) is 92.5 Å². The highest BCUT2D eigenvalue weighted by atomic mass is 16.6. The summed E-state index contributed by atoms with van der Waals surface area (Å²) in [6.07, 6.45) is -15.4. The van der Waals surface area contributed by atoms with Crippen LogP contribution in [-0.2, 0) is 30.1 Å². The van der Waals surface area contributed by atoms with Crippen molar-refractivity contribution < 1.29 is 155 Å². The second kappa shape index (κ2) is 18.9. The van der Waals surface area contributed by atoms with Gasteiger partial charge in [0.1, 0.15) is 30.0 Å². The SMILES string of the molecule is O=C1OC[C@H]2OC(=O)c3cc(O)c(O)c(O)c3-c3c(O)c(O)c(O)c4c3C(=O)O[C@@H]([C@@H]2OC(=O)c2cc(O)c(O)c(O)c2-c2c1cc(O)c(O)c2O)[C@H]1OC(=O)c2c-4c(O)c(O)c(O)c2C1c1c(O)cc2c(c1O)C[C@H](O)[C@@H](c1ccc(O)c(O)c1)O2. The van der Waals surface area contributed by atoms with E-state index in [4.69, 9.17) is 28.4 Å². The fraction of sp³-hybridized carbons (Fsp3) is 0.161. The Hall–Kier alpha value is -12.2.